The Kier molecular flexibility index (Phi) is 4.30. The van der Waals surface area contributed by atoms with Crippen molar-refractivity contribution in [1.29, 1.82) is 0 Å². The zero-order valence-electron chi connectivity index (χ0n) is 15.0. The minimum Gasteiger partial charge on any atom is -0.294 e. The monoisotopic (exact) mass is 355 g/mol. The molecule has 2 heterocycles. The maximum absolute atomic E-state index is 11.6. The third-order valence-electron chi connectivity index (χ3n) is 4.23. The van der Waals surface area contributed by atoms with Crippen LogP contribution in [0.2, 0.25) is 0 Å². The largest absolute Gasteiger partial charge is 0.294 e. The molecule has 0 atom stereocenters. The van der Waals surface area contributed by atoms with Gasteiger partial charge in [0, 0.05) is 17.1 Å². The Labute approximate surface area is 156 Å². The fourth-order valence-electron chi connectivity index (χ4n) is 2.92. The molecule has 2 aromatic heterocycles. The second kappa shape index (κ2) is 6.92. The number of benzene rings is 2. The number of carbonyl (C=O) groups excluding carboxylic acids is 1. The van der Waals surface area contributed by atoms with Crippen molar-refractivity contribution in [2.75, 3.05) is 5.32 Å². The summed E-state index contributed by atoms with van der Waals surface area (Å²) >= 11 is 0. The Hall–Kier alpha value is -3.67. The van der Waals surface area contributed by atoms with Gasteiger partial charge in [0.1, 0.15) is 0 Å². The van der Waals surface area contributed by atoms with Gasteiger partial charge in [-0.1, -0.05) is 48.5 Å². The highest BCUT2D eigenvalue weighted by Crippen LogP contribution is 2.27. The Bertz CT molecular complexity index is 1140. The van der Waals surface area contributed by atoms with E-state index in [1.165, 1.54) is 13.1 Å². The number of fused-ring (bicyclic) bond motifs is 1. The van der Waals surface area contributed by atoms with Crippen LogP contribution in [0.15, 0.2) is 60.8 Å². The molecular weight excluding hydrogens is 338 g/mol. The van der Waals surface area contributed by atoms with Crippen LogP contribution in [-0.4, -0.2) is 25.7 Å². The zero-order valence-corrected chi connectivity index (χ0v) is 15.0. The molecular formula is C21H17N5O. The second-order valence-electron chi connectivity index (χ2n) is 6.15. The molecule has 0 fully saturated rings. The maximum atomic E-state index is 11.6. The number of aryl methyl sites for hydroxylation is 1. The van der Waals surface area contributed by atoms with Crippen molar-refractivity contribution in [3.05, 3.63) is 72.1 Å². The van der Waals surface area contributed by atoms with Gasteiger partial charge in [-0.3, -0.25) is 10.1 Å². The smallest absolute Gasteiger partial charge is 0.230 e. The van der Waals surface area contributed by atoms with Crippen LogP contribution in [0.5, 0.6) is 0 Å². The normalized spacial score (nSPS) is 10.7. The number of hydrogen-bond donors (Lipinski definition) is 1. The van der Waals surface area contributed by atoms with E-state index in [4.69, 9.17) is 0 Å². The summed E-state index contributed by atoms with van der Waals surface area (Å²) in [7, 11) is 0. The number of Topliss-reactive ketones (excluding diaryl/α,β-unsaturated/α-hetero) is 1. The Balaban J connectivity index is 1.79. The van der Waals surface area contributed by atoms with E-state index in [-0.39, 0.29) is 5.78 Å². The van der Waals surface area contributed by atoms with Crippen LogP contribution >= 0.6 is 0 Å². The van der Waals surface area contributed by atoms with Gasteiger partial charge in [0.25, 0.3) is 0 Å². The maximum Gasteiger partial charge on any atom is 0.230 e. The van der Waals surface area contributed by atoms with Crippen molar-refractivity contribution in [3.63, 3.8) is 0 Å². The number of para-hydroxylation sites is 1. The molecule has 0 unspecified atom stereocenters. The lowest BCUT2D eigenvalue weighted by atomic mass is 10.1. The number of hydrogen-bond acceptors (Lipinski definition) is 6. The fraction of sp³-hybridized carbons (Fsp3) is 0.0952. The first-order valence-corrected chi connectivity index (χ1v) is 8.55. The summed E-state index contributed by atoms with van der Waals surface area (Å²) in [6.07, 6.45) is 1.52. The quantitative estimate of drug-likeness (QED) is 0.549. The molecule has 27 heavy (non-hydrogen) atoms. The Morgan fingerprint density at radius 1 is 0.889 bits per heavy atom. The molecule has 6 nitrogen and oxygen atoms in total. The third kappa shape index (κ3) is 3.37. The number of carbonyl (C=O) groups is 1. The van der Waals surface area contributed by atoms with Crippen LogP contribution in [-0.2, 0) is 0 Å². The molecule has 4 aromatic rings. The first-order chi connectivity index (χ1) is 13.1. The summed E-state index contributed by atoms with van der Waals surface area (Å²) in [5, 5.41) is 4.03. The summed E-state index contributed by atoms with van der Waals surface area (Å²) in [6.45, 7) is 3.28. The summed E-state index contributed by atoms with van der Waals surface area (Å²) < 4.78 is 0. The van der Waals surface area contributed by atoms with Gasteiger partial charge in [-0.05, 0) is 19.9 Å². The number of aromatic nitrogens is 4. The number of anilines is 2. The van der Waals surface area contributed by atoms with Gasteiger partial charge >= 0.3 is 0 Å². The van der Waals surface area contributed by atoms with Crippen LogP contribution in [0.3, 0.4) is 0 Å². The van der Waals surface area contributed by atoms with E-state index in [1.54, 1.807) is 6.92 Å². The average Bonchev–Trinajstić information content (AvgIpc) is 2.68. The predicted octanol–water partition coefficient (Wildman–Crippen LogP) is 4.34. The molecule has 0 saturated heterocycles. The lowest BCUT2D eigenvalue weighted by Crippen LogP contribution is -2.06. The topological polar surface area (TPSA) is 80.7 Å². The molecule has 0 amide bonds. The third-order valence-corrected chi connectivity index (χ3v) is 4.23. The van der Waals surface area contributed by atoms with Gasteiger partial charge in [-0.2, -0.15) is 0 Å². The van der Waals surface area contributed by atoms with E-state index in [2.05, 4.69) is 25.3 Å². The van der Waals surface area contributed by atoms with Gasteiger partial charge in [0.15, 0.2) is 5.78 Å². The molecule has 0 aliphatic rings. The molecule has 0 bridgehead atoms. The summed E-state index contributed by atoms with van der Waals surface area (Å²) in [5.74, 6) is 0.696. The van der Waals surface area contributed by atoms with Crippen LogP contribution in [0.1, 0.15) is 23.0 Å². The first kappa shape index (κ1) is 16.8. The average molecular weight is 355 g/mol. The molecule has 0 spiro atoms. The minimum absolute atomic E-state index is 0.0626. The molecule has 0 saturated carbocycles. The lowest BCUT2D eigenvalue weighted by molar-refractivity contribution is 0.101. The molecule has 1 N–H and O–H groups in total. The highest BCUT2D eigenvalue weighted by molar-refractivity contribution is 5.95. The van der Waals surface area contributed by atoms with Gasteiger partial charge in [-0.25, -0.2) is 19.9 Å². The summed E-state index contributed by atoms with van der Waals surface area (Å²) in [4.78, 5) is 29.4. The Morgan fingerprint density at radius 3 is 2.37 bits per heavy atom. The van der Waals surface area contributed by atoms with Crippen molar-refractivity contribution in [1.82, 2.24) is 19.9 Å². The molecule has 6 heteroatoms. The van der Waals surface area contributed by atoms with E-state index >= 15 is 0 Å². The van der Waals surface area contributed by atoms with E-state index in [1.807, 2.05) is 54.6 Å². The number of rotatable bonds is 4. The van der Waals surface area contributed by atoms with Crippen molar-refractivity contribution in [3.8, 4) is 11.3 Å². The van der Waals surface area contributed by atoms with Crippen LogP contribution in [0.4, 0.5) is 11.9 Å². The fourth-order valence-corrected chi connectivity index (χ4v) is 2.92. The molecule has 0 aliphatic carbocycles. The minimum atomic E-state index is -0.0626. The molecule has 0 aliphatic heterocycles. The lowest BCUT2D eigenvalue weighted by Gasteiger charge is -2.10. The van der Waals surface area contributed by atoms with E-state index < -0.39 is 0 Å². The highest BCUT2D eigenvalue weighted by atomic mass is 16.1. The second-order valence-corrected chi connectivity index (χ2v) is 6.15. The van der Waals surface area contributed by atoms with E-state index in [0.29, 0.717) is 23.2 Å². The van der Waals surface area contributed by atoms with Crippen LogP contribution in [0.25, 0.3) is 22.2 Å². The zero-order chi connectivity index (χ0) is 18.8. The van der Waals surface area contributed by atoms with Crippen molar-refractivity contribution in [2.24, 2.45) is 0 Å². The summed E-state index contributed by atoms with van der Waals surface area (Å²) in [5.41, 5.74) is 3.78. The number of nitrogens with one attached hydrogen (secondary N) is 1. The first-order valence-electron chi connectivity index (χ1n) is 8.55. The van der Waals surface area contributed by atoms with Gasteiger partial charge in [-0.15, -0.1) is 0 Å². The van der Waals surface area contributed by atoms with Gasteiger partial charge in [0.05, 0.1) is 22.5 Å². The Morgan fingerprint density at radius 2 is 1.63 bits per heavy atom. The molecule has 0 radical (unpaired) electrons. The SMILES string of the molecule is CC(=O)c1cnc(Nc2nc(-c3ccccc3)c3ccccc3n2)nc1C. The molecule has 2 aromatic carbocycles. The molecule has 4 rings (SSSR count). The van der Waals surface area contributed by atoms with Crippen molar-refractivity contribution >= 4 is 28.6 Å². The highest BCUT2D eigenvalue weighted by Gasteiger charge is 2.12. The number of ketones is 1. The van der Waals surface area contributed by atoms with Crippen LogP contribution < -0.4 is 5.32 Å². The standard InChI is InChI=1S/C21H17N5O/c1-13-17(14(2)27)12-22-20(23-13)26-21-24-18-11-7-6-10-16(18)19(25-21)15-8-4-3-5-9-15/h3-12H,1-2H3,(H,22,23,24,25,26). The van der Waals surface area contributed by atoms with Gasteiger partial charge in [0.2, 0.25) is 11.9 Å². The van der Waals surface area contributed by atoms with Crippen molar-refractivity contribution < 1.29 is 4.79 Å². The van der Waals surface area contributed by atoms with E-state index in [9.17, 15) is 4.79 Å². The predicted molar refractivity (Wildman–Crippen MR) is 105 cm³/mol. The van der Waals surface area contributed by atoms with Crippen LogP contribution in [0, 0.1) is 6.92 Å². The number of nitrogens with zero attached hydrogens (tertiary/aromatic N) is 4. The van der Waals surface area contributed by atoms with Crippen molar-refractivity contribution in [2.45, 2.75) is 13.8 Å². The van der Waals surface area contributed by atoms with E-state index in [0.717, 1.165) is 22.2 Å². The van der Waals surface area contributed by atoms with Gasteiger partial charge < -0.3 is 0 Å². The molecule has 132 valence electrons. The summed E-state index contributed by atoms with van der Waals surface area (Å²) in [6, 6.07) is 17.8.